The van der Waals surface area contributed by atoms with Crippen molar-refractivity contribution in [3.05, 3.63) is 36.2 Å². The third kappa shape index (κ3) is 4.17. The number of nitrogens with zero attached hydrogens (tertiary/aromatic N) is 3. The predicted molar refractivity (Wildman–Crippen MR) is 95.4 cm³/mol. The van der Waals surface area contributed by atoms with Crippen LogP contribution >= 0.6 is 0 Å². The second-order valence-corrected chi connectivity index (χ2v) is 5.87. The number of amides is 1. The Balaban J connectivity index is 1.65. The van der Waals surface area contributed by atoms with Gasteiger partial charge in [0, 0.05) is 19.2 Å². The predicted octanol–water partition coefficient (Wildman–Crippen LogP) is 2.28. The molecule has 0 aliphatic carbocycles. The number of benzene rings is 1. The fourth-order valence-corrected chi connectivity index (χ4v) is 2.90. The summed E-state index contributed by atoms with van der Waals surface area (Å²) in [5, 5.41) is 2.83. The lowest BCUT2D eigenvalue weighted by atomic mass is 10.1. The van der Waals surface area contributed by atoms with Crippen molar-refractivity contribution in [1.82, 2.24) is 9.97 Å². The van der Waals surface area contributed by atoms with Gasteiger partial charge in [0.15, 0.2) is 11.5 Å². The minimum absolute atomic E-state index is 0.140. The highest BCUT2D eigenvalue weighted by molar-refractivity contribution is 5.91. The minimum atomic E-state index is -0.140. The number of aromatic nitrogens is 2. The van der Waals surface area contributed by atoms with Crippen LogP contribution in [0.3, 0.4) is 0 Å². The van der Waals surface area contributed by atoms with Crippen LogP contribution in [0.2, 0.25) is 0 Å². The molecule has 132 valence electrons. The summed E-state index contributed by atoms with van der Waals surface area (Å²) in [6, 6.07) is 7.25. The molecule has 25 heavy (non-hydrogen) atoms. The van der Waals surface area contributed by atoms with E-state index in [4.69, 9.17) is 9.47 Å². The van der Waals surface area contributed by atoms with Gasteiger partial charge in [-0.05, 0) is 30.5 Å². The Labute approximate surface area is 147 Å². The molecule has 1 aliphatic rings. The van der Waals surface area contributed by atoms with Crippen LogP contribution in [0.15, 0.2) is 30.6 Å². The molecule has 0 saturated carbocycles. The highest BCUT2D eigenvalue weighted by atomic mass is 16.5. The first-order valence-corrected chi connectivity index (χ1v) is 8.27. The zero-order valence-electron chi connectivity index (χ0n) is 14.5. The summed E-state index contributed by atoms with van der Waals surface area (Å²) in [5.41, 5.74) is 0.837. The maximum absolute atomic E-state index is 12.3. The van der Waals surface area contributed by atoms with Crippen LogP contribution in [0.1, 0.15) is 18.4 Å². The van der Waals surface area contributed by atoms with Gasteiger partial charge in [-0.15, -0.1) is 0 Å². The molecule has 0 radical (unpaired) electrons. The summed E-state index contributed by atoms with van der Waals surface area (Å²) in [6.07, 6.45) is 4.05. The van der Waals surface area contributed by atoms with Crippen molar-refractivity contribution >= 4 is 17.5 Å². The minimum Gasteiger partial charge on any atom is -0.493 e. The summed E-state index contributed by atoms with van der Waals surface area (Å²) in [4.78, 5) is 22.9. The number of hydrogen-bond acceptors (Lipinski definition) is 6. The van der Waals surface area contributed by atoms with E-state index in [0.29, 0.717) is 17.3 Å². The number of hydrogen-bond donors (Lipinski definition) is 1. The summed E-state index contributed by atoms with van der Waals surface area (Å²) in [5.74, 6) is 2.47. The molecule has 1 amide bonds. The fourth-order valence-electron chi connectivity index (χ4n) is 2.90. The molecule has 0 atom stereocenters. The standard InChI is InChI=1S/C18H22N4O3/c1-24-14-6-5-13(9-15(14)25-2)10-18(23)21-16-11-17(20-12-19-16)22-7-3-4-8-22/h5-6,9,11-12H,3-4,7-8,10H2,1-2H3,(H,19,20,21,23). The third-order valence-electron chi connectivity index (χ3n) is 4.16. The van der Waals surface area contributed by atoms with Crippen LogP contribution in [0, 0.1) is 0 Å². The number of ether oxygens (including phenoxy) is 2. The van der Waals surface area contributed by atoms with Crippen LogP contribution in [0.25, 0.3) is 0 Å². The van der Waals surface area contributed by atoms with Gasteiger partial charge in [0.05, 0.1) is 20.6 Å². The first-order chi connectivity index (χ1) is 12.2. The van der Waals surface area contributed by atoms with E-state index in [2.05, 4.69) is 20.2 Å². The molecule has 2 heterocycles. The van der Waals surface area contributed by atoms with Gasteiger partial charge in [-0.1, -0.05) is 6.07 Å². The second kappa shape index (κ2) is 7.83. The van der Waals surface area contributed by atoms with Crippen LogP contribution in [0.4, 0.5) is 11.6 Å². The van der Waals surface area contributed by atoms with Gasteiger partial charge in [0.25, 0.3) is 0 Å². The molecule has 3 rings (SSSR count). The smallest absolute Gasteiger partial charge is 0.229 e. The van der Waals surface area contributed by atoms with E-state index in [1.807, 2.05) is 12.1 Å². The largest absolute Gasteiger partial charge is 0.493 e. The zero-order valence-corrected chi connectivity index (χ0v) is 14.5. The SMILES string of the molecule is COc1ccc(CC(=O)Nc2cc(N3CCCC3)ncn2)cc1OC. The molecule has 2 aromatic rings. The van der Waals surface area contributed by atoms with E-state index in [9.17, 15) is 4.79 Å². The average Bonchev–Trinajstić information content (AvgIpc) is 3.16. The fraction of sp³-hybridized carbons (Fsp3) is 0.389. The van der Waals surface area contributed by atoms with Gasteiger partial charge in [-0.25, -0.2) is 9.97 Å². The van der Waals surface area contributed by atoms with Crippen molar-refractivity contribution in [2.45, 2.75) is 19.3 Å². The quantitative estimate of drug-likeness (QED) is 0.868. The van der Waals surface area contributed by atoms with Gasteiger partial charge >= 0.3 is 0 Å². The normalized spacial score (nSPS) is 13.6. The number of methoxy groups -OCH3 is 2. The number of carbonyl (C=O) groups excluding carboxylic acids is 1. The van der Waals surface area contributed by atoms with Crippen LogP contribution < -0.4 is 19.7 Å². The molecular weight excluding hydrogens is 320 g/mol. The van der Waals surface area contributed by atoms with E-state index in [0.717, 1.165) is 24.5 Å². The molecule has 1 N–H and O–H groups in total. The lowest BCUT2D eigenvalue weighted by molar-refractivity contribution is -0.115. The Hall–Kier alpha value is -2.83. The highest BCUT2D eigenvalue weighted by Crippen LogP contribution is 2.27. The summed E-state index contributed by atoms with van der Waals surface area (Å²) < 4.78 is 10.5. The Morgan fingerprint density at radius 2 is 1.88 bits per heavy atom. The van der Waals surface area contributed by atoms with Crippen molar-refractivity contribution in [1.29, 1.82) is 0 Å². The van der Waals surface area contributed by atoms with Crippen LogP contribution in [-0.2, 0) is 11.2 Å². The first kappa shape index (κ1) is 17.0. The number of carbonyl (C=O) groups is 1. The third-order valence-corrected chi connectivity index (χ3v) is 4.16. The zero-order chi connectivity index (χ0) is 17.6. The van der Waals surface area contributed by atoms with E-state index in [-0.39, 0.29) is 12.3 Å². The van der Waals surface area contributed by atoms with Crippen LogP contribution in [0.5, 0.6) is 11.5 Å². The van der Waals surface area contributed by atoms with E-state index < -0.39 is 0 Å². The Bertz CT molecular complexity index is 745. The Morgan fingerprint density at radius 1 is 1.12 bits per heavy atom. The van der Waals surface area contributed by atoms with Gasteiger partial charge in [0.2, 0.25) is 5.91 Å². The molecule has 1 aromatic heterocycles. The summed E-state index contributed by atoms with van der Waals surface area (Å²) in [7, 11) is 3.15. The van der Waals surface area contributed by atoms with Crippen LogP contribution in [-0.4, -0.2) is 43.2 Å². The van der Waals surface area contributed by atoms with Gasteiger partial charge in [-0.2, -0.15) is 0 Å². The molecule has 7 heteroatoms. The lowest BCUT2D eigenvalue weighted by Crippen LogP contribution is -2.20. The molecule has 1 fully saturated rings. The molecule has 0 spiro atoms. The summed E-state index contributed by atoms with van der Waals surface area (Å²) >= 11 is 0. The number of anilines is 2. The molecular formula is C18H22N4O3. The number of rotatable bonds is 6. The molecule has 0 bridgehead atoms. The molecule has 7 nitrogen and oxygen atoms in total. The summed E-state index contributed by atoms with van der Waals surface area (Å²) in [6.45, 7) is 1.99. The molecule has 1 aromatic carbocycles. The van der Waals surface area contributed by atoms with Crippen molar-refractivity contribution in [3.8, 4) is 11.5 Å². The van der Waals surface area contributed by atoms with Crippen molar-refractivity contribution in [2.75, 3.05) is 37.5 Å². The van der Waals surface area contributed by atoms with Crippen molar-refractivity contribution in [3.63, 3.8) is 0 Å². The Morgan fingerprint density at radius 3 is 2.60 bits per heavy atom. The van der Waals surface area contributed by atoms with Gasteiger partial charge < -0.3 is 19.7 Å². The molecule has 1 aliphatic heterocycles. The maximum atomic E-state index is 12.3. The topological polar surface area (TPSA) is 76.6 Å². The molecule has 0 unspecified atom stereocenters. The lowest BCUT2D eigenvalue weighted by Gasteiger charge is -2.16. The molecule has 1 saturated heterocycles. The first-order valence-electron chi connectivity index (χ1n) is 8.27. The second-order valence-electron chi connectivity index (χ2n) is 5.87. The van der Waals surface area contributed by atoms with E-state index in [1.54, 1.807) is 26.4 Å². The van der Waals surface area contributed by atoms with Crippen molar-refractivity contribution in [2.24, 2.45) is 0 Å². The number of nitrogens with one attached hydrogen (secondary N) is 1. The van der Waals surface area contributed by atoms with E-state index in [1.165, 1.54) is 19.2 Å². The van der Waals surface area contributed by atoms with Gasteiger partial charge in [0.1, 0.15) is 18.0 Å². The highest BCUT2D eigenvalue weighted by Gasteiger charge is 2.15. The maximum Gasteiger partial charge on any atom is 0.229 e. The van der Waals surface area contributed by atoms with E-state index >= 15 is 0 Å². The van der Waals surface area contributed by atoms with Gasteiger partial charge in [-0.3, -0.25) is 4.79 Å². The average molecular weight is 342 g/mol. The monoisotopic (exact) mass is 342 g/mol. The van der Waals surface area contributed by atoms with Crippen molar-refractivity contribution < 1.29 is 14.3 Å². The Kier molecular flexibility index (Phi) is 5.33.